The number of Topliss-reactive ketones (excluding diaryl/α,β-unsaturated/α-hetero) is 1. The van der Waals surface area contributed by atoms with E-state index >= 15 is 0 Å². The second kappa shape index (κ2) is 9.42. The zero-order valence-electron chi connectivity index (χ0n) is 15.2. The Bertz CT molecular complexity index is 540. The first-order valence-electron chi connectivity index (χ1n) is 8.56. The topological polar surface area (TPSA) is 81.4 Å². The molecule has 0 aliphatic carbocycles. The Kier molecular flexibility index (Phi) is 7.92. The van der Waals surface area contributed by atoms with E-state index in [9.17, 15) is 9.59 Å². The summed E-state index contributed by atoms with van der Waals surface area (Å²) in [6, 6.07) is 7.00. The molecule has 1 rings (SSSR count). The van der Waals surface area contributed by atoms with Crippen LogP contribution >= 0.6 is 0 Å². The highest BCUT2D eigenvalue weighted by Gasteiger charge is 2.25. The quantitative estimate of drug-likeness (QED) is 0.645. The predicted octanol–water partition coefficient (Wildman–Crippen LogP) is 2.93. The van der Waals surface area contributed by atoms with E-state index in [1.807, 2.05) is 13.8 Å². The van der Waals surface area contributed by atoms with Gasteiger partial charge in [0.15, 0.2) is 5.78 Å². The number of ketones is 1. The molecule has 0 bridgehead atoms. The van der Waals surface area contributed by atoms with Crippen LogP contribution in [-0.4, -0.2) is 30.4 Å². The largest absolute Gasteiger partial charge is 0.494 e. The lowest BCUT2D eigenvalue weighted by Gasteiger charge is -2.31. The van der Waals surface area contributed by atoms with Gasteiger partial charge in [-0.15, -0.1) is 0 Å². The fraction of sp³-hybridized carbons (Fsp3) is 0.579. The maximum absolute atomic E-state index is 12.2. The third-order valence-corrected chi connectivity index (χ3v) is 3.82. The number of nitrogens with one attached hydrogen (secondary N) is 1. The molecule has 0 aromatic heterocycles. The Morgan fingerprint density at radius 2 is 1.83 bits per heavy atom. The van der Waals surface area contributed by atoms with Crippen molar-refractivity contribution in [2.24, 2.45) is 11.7 Å². The molecule has 1 aromatic rings. The van der Waals surface area contributed by atoms with E-state index in [1.165, 1.54) is 0 Å². The Hall–Kier alpha value is -1.88. The van der Waals surface area contributed by atoms with E-state index in [0.29, 0.717) is 24.6 Å². The summed E-state index contributed by atoms with van der Waals surface area (Å²) < 4.78 is 5.35. The number of ether oxygens (including phenoxy) is 1. The van der Waals surface area contributed by atoms with Gasteiger partial charge in [-0.25, -0.2) is 0 Å². The van der Waals surface area contributed by atoms with Crippen LogP contribution in [0.1, 0.15) is 57.3 Å². The average Bonchev–Trinajstić information content (AvgIpc) is 2.53. The predicted molar refractivity (Wildman–Crippen MR) is 96.2 cm³/mol. The third-order valence-electron chi connectivity index (χ3n) is 3.82. The minimum Gasteiger partial charge on any atom is -0.494 e. The lowest BCUT2D eigenvalue weighted by atomic mass is 9.90. The van der Waals surface area contributed by atoms with Gasteiger partial charge in [0.2, 0.25) is 5.91 Å². The van der Waals surface area contributed by atoms with Gasteiger partial charge in [-0.05, 0) is 50.5 Å². The van der Waals surface area contributed by atoms with Gasteiger partial charge in [-0.2, -0.15) is 0 Å². The van der Waals surface area contributed by atoms with Crippen molar-refractivity contribution in [2.75, 3.05) is 13.2 Å². The van der Waals surface area contributed by atoms with Crippen LogP contribution in [0.3, 0.4) is 0 Å². The smallest absolute Gasteiger partial charge is 0.220 e. The molecular weight excluding hydrogens is 304 g/mol. The van der Waals surface area contributed by atoms with Crippen LogP contribution in [0.5, 0.6) is 5.75 Å². The molecule has 0 aliphatic heterocycles. The number of nitrogens with two attached hydrogens (primary N) is 1. The van der Waals surface area contributed by atoms with E-state index in [4.69, 9.17) is 10.5 Å². The summed E-state index contributed by atoms with van der Waals surface area (Å²) in [6.07, 6.45) is 1.16. The lowest BCUT2D eigenvalue weighted by molar-refractivity contribution is -0.122. The van der Waals surface area contributed by atoms with Crippen LogP contribution in [0.4, 0.5) is 0 Å². The van der Waals surface area contributed by atoms with Gasteiger partial charge < -0.3 is 15.8 Å². The Morgan fingerprint density at radius 1 is 1.21 bits per heavy atom. The molecule has 1 unspecified atom stereocenters. The maximum atomic E-state index is 12.2. The number of rotatable bonds is 10. The van der Waals surface area contributed by atoms with Crippen LogP contribution in [0.2, 0.25) is 0 Å². The zero-order chi connectivity index (χ0) is 18.2. The van der Waals surface area contributed by atoms with E-state index in [1.54, 1.807) is 24.3 Å². The van der Waals surface area contributed by atoms with Crippen LogP contribution < -0.4 is 15.8 Å². The minimum atomic E-state index is -0.423. The number of amides is 1. The molecule has 0 aliphatic rings. The second-order valence-electron chi connectivity index (χ2n) is 6.79. The van der Waals surface area contributed by atoms with Crippen LogP contribution in [0.25, 0.3) is 0 Å². The molecule has 3 N–H and O–H groups in total. The minimum absolute atomic E-state index is 0.0495. The van der Waals surface area contributed by atoms with Gasteiger partial charge in [0.1, 0.15) is 5.75 Å². The summed E-state index contributed by atoms with van der Waals surface area (Å²) in [5.74, 6) is 0.984. The molecule has 1 aromatic carbocycles. The maximum Gasteiger partial charge on any atom is 0.220 e. The van der Waals surface area contributed by atoms with E-state index in [-0.39, 0.29) is 24.5 Å². The summed E-state index contributed by atoms with van der Waals surface area (Å²) >= 11 is 0. The fourth-order valence-electron chi connectivity index (χ4n) is 2.76. The van der Waals surface area contributed by atoms with Crippen molar-refractivity contribution in [1.82, 2.24) is 5.32 Å². The van der Waals surface area contributed by atoms with Crippen LogP contribution in [0, 0.1) is 5.92 Å². The van der Waals surface area contributed by atoms with Gasteiger partial charge in [-0.3, -0.25) is 9.59 Å². The molecule has 24 heavy (non-hydrogen) atoms. The highest BCUT2D eigenvalue weighted by Crippen LogP contribution is 2.17. The first-order valence-corrected chi connectivity index (χ1v) is 8.56. The van der Waals surface area contributed by atoms with Crippen molar-refractivity contribution in [2.45, 2.75) is 52.5 Å². The van der Waals surface area contributed by atoms with Gasteiger partial charge in [0.05, 0.1) is 6.61 Å². The van der Waals surface area contributed by atoms with Crippen molar-refractivity contribution in [3.05, 3.63) is 29.8 Å². The second-order valence-corrected chi connectivity index (χ2v) is 6.79. The average molecular weight is 334 g/mol. The molecule has 0 heterocycles. The standard InChI is InChI=1S/C19H30N2O3/c1-5-24-16-8-6-15(7-9-16)17(22)10-11-18(23)21-19(4,13-20)12-14(2)3/h6-9,14H,5,10-13,20H2,1-4H3,(H,21,23). The molecule has 1 amide bonds. The number of hydrogen-bond acceptors (Lipinski definition) is 4. The van der Waals surface area contributed by atoms with Gasteiger partial charge in [0, 0.05) is 30.5 Å². The van der Waals surface area contributed by atoms with Crippen molar-refractivity contribution >= 4 is 11.7 Å². The van der Waals surface area contributed by atoms with E-state index in [2.05, 4.69) is 19.2 Å². The molecule has 0 spiro atoms. The Labute approximate surface area is 145 Å². The first kappa shape index (κ1) is 20.2. The molecule has 1 atom stereocenters. The fourth-order valence-corrected chi connectivity index (χ4v) is 2.76. The number of carbonyl (C=O) groups is 2. The summed E-state index contributed by atoms with van der Waals surface area (Å²) in [5, 5.41) is 2.97. The molecule has 0 saturated heterocycles. The monoisotopic (exact) mass is 334 g/mol. The molecule has 5 nitrogen and oxygen atoms in total. The number of benzene rings is 1. The van der Waals surface area contributed by atoms with Crippen LogP contribution in [0.15, 0.2) is 24.3 Å². The van der Waals surface area contributed by atoms with Crippen molar-refractivity contribution < 1.29 is 14.3 Å². The van der Waals surface area contributed by atoms with Crippen molar-refractivity contribution in [1.29, 1.82) is 0 Å². The van der Waals surface area contributed by atoms with Gasteiger partial charge >= 0.3 is 0 Å². The molecule has 0 saturated carbocycles. The summed E-state index contributed by atoms with van der Waals surface area (Å²) in [4.78, 5) is 24.3. The molecule has 134 valence electrons. The van der Waals surface area contributed by atoms with Crippen molar-refractivity contribution in [3.63, 3.8) is 0 Å². The van der Waals surface area contributed by atoms with E-state index < -0.39 is 5.54 Å². The Balaban J connectivity index is 2.52. The molecular formula is C19H30N2O3. The van der Waals surface area contributed by atoms with Crippen LogP contribution in [-0.2, 0) is 4.79 Å². The highest BCUT2D eigenvalue weighted by atomic mass is 16.5. The summed E-state index contributed by atoms with van der Waals surface area (Å²) in [7, 11) is 0. The summed E-state index contributed by atoms with van der Waals surface area (Å²) in [5.41, 5.74) is 5.97. The first-order chi connectivity index (χ1) is 11.3. The van der Waals surface area contributed by atoms with E-state index in [0.717, 1.165) is 12.2 Å². The third kappa shape index (κ3) is 6.71. The SMILES string of the molecule is CCOc1ccc(C(=O)CCC(=O)NC(C)(CN)CC(C)C)cc1. The normalized spacial score (nSPS) is 13.4. The molecule has 5 heteroatoms. The van der Waals surface area contributed by atoms with Gasteiger partial charge in [-0.1, -0.05) is 13.8 Å². The zero-order valence-corrected chi connectivity index (χ0v) is 15.2. The van der Waals surface area contributed by atoms with Crippen molar-refractivity contribution in [3.8, 4) is 5.75 Å². The van der Waals surface area contributed by atoms with Gasteiger partial charge in [0.25, 0.3) is 0 Å². The molecule has 0 fully saturated rings. The number of carbonyl (C=O) groups excluding carboxylic acids is 2. The molecule has 0 radical (unpaired) electrons. The number of hydrogen-bond donors (Lipinski definition) is 2. The highest BCUT2D eigenvalue weighted by molar-refractivity contribution is 5.98. The summed E-state index contributed by atoms with van der Waals surface area (Å²) in [6.45, 7) is 9.00. The Morgan fingerprint density at radius 3 is 2.33 bits per heavy atom. The lowest BCUT2D eigenvalue weighted by Crippen LogP contribution is -2.52.